The quantitative estimate of drug-likeness (QED) is 0.381. The molecule has 0 radical (unpaired) electrons. The van der Waals surface area contributed by atoms with Crippen LogP contribution in [0.3, 0.4) is 0 Å². The SMILES string of the molecule is COc1cc(C(C)=O)ccc1OCC(=O)OCCOc1cc(C)cc(C)c1. The fourth-order valence-corrected chi connectivity index (χ4v) is 2.52. The van der Waals surface area contributed by atoms with Gasteiger partial charge >= 0.3 is 5.97 Å². The third-order valence-corrected chi connectivity index (χ3v) is 3.73. The molecular weight excluding hydrogens is 348 g/mol. The second kappa shape index (κ2) is 9.62. The van der Waals surface area contributed by atoms with Crippen LogP contribution in [0.5, 0.6) is 17.2 Å². The van der Waals surface area contributed by atoms with Gasteiger partial charge in [0.15, 0.2) is 23.9 Å². The molecule has 0 unspecified atom stereocenters. The molecule has 0 heterocycles. The van der Waals surface area contributed by atoms with Gasteiger partial charge in [-0.25, -0.2) is 4.79 Å². The maximum atomic E-state index is 11.8. The van der Waals surface area contributed by atoms with Crippen LogP contribution in [0.25, 0.3) is 0 Å². The minimum atomic E-state index is -0.517. The third-order valence-electron chi connectivity index (χ3n) is 3.73. The molecule has 0 aliphatic carbocycles. The monoisotopic (exact) mass is 372 g/mol. The van der Waals surface area contributed by atoms with E-state index in [1.807, 2.05) is 26.0 Å². The summed E-state index contributed by atoms with van der Waals surface area (Å²) in [6, 6.07) is 10.7. The lowest BCUT2D eigenvalue weighted by molar-refractivity contribution is -0.146. The lowest BCUT2D eigenvalue weighted by Gasteiger charge is -2.12. The van der Waals surface area contributed by atoms with Crippen LogP contribution in [0.1, 0.15) is 28.4 Å². The molecular formula is C21H24O6. The molecule has 0 fully saturated rings. The van der Waals surface area contributed by atoms with E-state index in [0.717, 1.165) is 16.9 Å². The molecule has 2 aromatic rings. The first-order valence-corrected chi connectivity index (χ1v) is 8.57. The van der Waals surface area contributed by atoms with Crippen molar-refractivity contribution in [3.05, 3.63) is 53.1 Å². The van der Waals surface area contributed by atoms with Crippen molar-refractivity contribution in [2.45, 2.75) is 20.8 Å². The van der Waals surface area contributed by atoms with E-state index in [2.05, 4.69) is 6.07 Å². The van der Waals surface area contributed by atoms with Crippen LogP contribution in [0.2, 0.25) is 0 Å². The molecule has 6 nitrogen and oxygen atoms in total. The van der Waals surface area contributed by atoms with Gasteiger partial charge in [0.25, 0.3) is 0 Å². The lowest BCUT2D eigenvalue weighted by atomic mass is 10.1. The highest BCUT2D eigenvalue weighted by atomic mass is 16.6. The molecule has 0 saturated heterocycles. The summed E-state index contributed by atoms with van der Waals surface area (Å²) in [5.41, 5.74) is 2.73. The Bertz CT molecular complexity index is 792. The van der Waals surface area contributed by atoms with Crippen LogP contribution in [0, 0.1) is 13.8 Å². The third kappa shape index (κ3) is 6.33. The number of benzene rings is 2. The minimum absolute atomic E-state index is 0.0805. The Morgan fingerprint density at radius 3 is 2.22 bits per heavy atom. The Morgan fingerprint density at radius 1 is 0.889 bits per heavy atom. The Labute approximate surface area is 159 Å². The van der Waals surface area contributed by atoms with Crippen molar-refractivity contribution in [1.29, 1.82) is 0 Å². The first kappa shape index (κ1) is 20.3. The number of ether oxygens (including phenoxy) is 4. The topological polar surface area (TPSA) is 71.1 Å². The van der Waals surface area contributed by atoms with Crippen LogP contribution < -0.4 is 14.2 Å². The van der Waals surface area contributed by atoms with Crippen LogP contribution >= 0.6 is 0 Å². The van der Waals surface area contributed by atoms with Gasteiger partial charge in [-0.1, -0.05) is 6.07 Å². The van der Waals surface area contributed by atoms with Crippen molar-refractivity contribution >= 4 is 11.8 Å². The Morgan fingerprint density at radius 2 is 1.59 bits per heavy atom. The summed E-state index contributed by atoms with van der Waals surface area (Å²) in [7, 11) is 1.47. The van der Waals surface area contributed by atoms with E-state index in [1.165, 1.54) is 14.0 Å². The number of hydrogen-bond donors (Lipinski definition) is 0. The minimum Gasteiger partial charge on any atom is -0.493 e. The van der Waals surface area contributed by atoms with Crippen molar-refractivity contribution < 1.29 is 28.5 Å². The summed E-state index contributed by atoms with van der Waals surface area (Å²) >= 11 is 0. The van der Waals surface area contributed by atoms with Gasteiger partial charge in [-0.3, -0.25) is 4.79 Å². The maximum Gasteiger partial charge on any atom is 0.344 e. The molecule has 0 saturated carbocycles. The van der Waals surface area contributed by atoms with Gasteiger partial charge in [-0.15, -0.1) is 0 Å². The van der Waals surface area contributed by atoms with Crippen LogP contribution in [0.4, 0.5) is 0 Å². The van der Waals surface area contributed by atoms with E-state index < -0.39 is 5.97 Å². The van der Waals surface area contributed by atoms with E-state index in [0.29, 0.717) is 17.1 Å². The zero-order chi connectivity index (χ0) is 19.8. The van der Waals surface area contributed by atoms with Crippen LogP contribution in [-0.4, -0.2) is 38.7 Å². The number of Topliss-reactive ketones (excluding diaryl/α,β-unsaturated/α-hetero) is 1. The van der Waals surface area contributed by atoms with E-state index in [1.54, 1.807) is 18.2 Å². The largest absolute Gasteiger partial charge is 0.493 e. The molecule has 0 atom stereocenters. The lowest BCUT2D eigenvalue weighted by Crippen LogP contribution is -2.18. The van der Waals surface area contributed by atoms with Gasteiger partial charge in [-0.05, 0) is 62.2 Å². The summed E-state index contributed by atoms with van der Waals surface area (Å²) in [6.45, 7) is 5.57. The highest BCUT2D eigenvalue weighted by molar-refractivity contribution is 5.94. The molecule has 0 N–H and O–H groups in total. The Kier molecular flexibility index (Phi) is 7.23. The summed E-state index contributed by atoms with van der Waals surface area (Å²) in [5.74, 6) is 0.898. The normalized spacial score (nSPS) is 10.2. The number of rotatable bonds is 9. The first-order valence-electron chi connectivity index (χ1n) is 8.57. The van der Waals surface area contributed by atoms with Crippen molar-refractivity contribution in [3.8, 4) is 17.2 Å². The van der Waals surface area contributed by atoms with E-state index >= 15 is 0 Å². The smallest absolute Gasteiger partial charge is 0.344 e. The molecule has 2 rings (SSSR count). The average molecular weight is 372 g/mol. The van der Waals surface area contributed by atoms with E-state index in [4.69, 9.17) is 18.9 Å². The van der Waals surface area contributed by atoms with Gasteiger partial charge in [0.1, 0.15) is 19.0 Å². The number of carbonyl (C=O) groups excluding carboxylic acids is 2. The summed E-state index contributed by atoms with van der Waals surface area (Å²) in [5, 5.41) is 0. The van der Waals surface area contributed by atoms with Gasteiger partial charge in [-0.2, -0.15) is 0 Å². The zero-order valence-electron chi connectivity index (χ0n) is 16.0. The van der Waals surface area contributed by atoms with Gasteiger partial charge < -0.3 is 18.9 Å². The fraction of sp³-hybridized carbons (Fsp3) is 0.333. The number of aryl methyl sites for hydroxylation is 2. The van der Waals surface area contributed by atoms with Crippen LogP contribution in [0.15, 0.2) is 36.4 Å². The molecule has 0 aliphatic heterocycles. The predicted molar refractivity (Wildman–Crippen MR) is 101 cm³/mol. The van der Waals surface area contributed by atoms with E-state index in [-0.39, 0.29) is 25.6 Å². The number of esters is 1. The van der Waals surface area contributed by atoms with Crippen molar-refractivity contribution in [2.24, 2.45) is 0 Å². The van der Waals surface area contributed by atoms with Gasteiger partial charge in [0.05, 0.1) is 7.11 Å². The number of hydrogen-bond acceptors (Lipinski definition) is 6. The first-order chi connectivity index (χ1) is 12.9. The molecule has 0 bridgehead atoms. The average Bonchev–Trinajstić information content (AvgIpc) is 2.62. The van der Waals surface area contributed by atoms with Crippen molar-refractivity contribution in [2.75, 3.05) is 26.9 Å². The highest BCUT2D eigenvalue weighted by Crippen LogP contribution is 2.28. The Balaban J connectivity index is 1.77. The zero-order valence-corrected chi connectivity index (χ0v) is 16.0. The standard InChI is InChI=1S/C21H24O6/c1-14-9-15(2)11-18(10-14)25-7-8-26-21(23)13-27-19-6-5-17(16(3)22)12-20(19)24-4/h5-6,9-12H,7-8,13H2,1-4H3. The number of methoxy groups -OCH3 is 1. The Hall–Kier alpha value is -3.02. The molecule has 27 heavy (non-hydrogen) atoms. The number of carbonyl (C=O) groups is 2. The molecule has 2 aromatic carbocycles. The number of ketones is 1. The second-order valence-electron chi connectivity index (χ2n) is 6.10. The molecule has 0 amide bonds. The summed E-state index contributed by atoms with van der Waals surface area (Å²) in [4.78, 5) is 23.2. The molecule has 0 aromatic heterocycles. The molecule has 6 heteroatoms. The highest BCUT2D eigenvalue weighted by Gasteiger charge is 2.11. The maximum absolute atomic E-state index is 11.8. The fourth-order valence-electron chi connectivity index (χ4n) is 2.52. The van der Waals surface area contributed by atoms with Gasteiger partial charge in [0.2, 0.25) is 0 Å². The van der Waals surface area contributed by atoms with Crippen LogP contribution in [-0.2, 0) is 9.53 Å². The van der Waals surface area contributed by atoms with Crippen molar-refractivity contribution in [3.63, 3.8) is 0 Å². The summed E-state index contributed by atoms with van der Waals surface area (Å²) in [6.07, 6.45) is 0. The predicted octanol–water partition coefficient (Wildman–Crippen LogP) is 3.52. The molecule has 144 valence electrons. The molecule has 0 spiro atoms. The second-order valence-corrected chi connectivity index (χ2v) is 6.10. The van der Waals surface area contributed by atoms with Crippen molar-refractivity contribution in [1.82, 2.24) is 0 Å². The van der Waals surface area contributed by atoms with Gasteiger partial charge in [0, 0.05) is 5.56 Å². The molecule has 0 aliphatic rings. The van der Waals surface area contributed by atoms with E-state index in [9.17, 15) is 9.59 Å². The summed E-state index contributed by atoms with van der Waals surface area (Å²) < 4.78 is 21.3.